The van der Waals surface area contributed by atoms with E-state index in [9.17, 15) is 14.7 Å². The molecule has 2 rings (SSSR count). The molecular weight excluding hydrogens is 350 g/mol. The van der Waals surface area contributed by atoms with Gasteiger partial charge in [0.15, 0.2) is 6.61 Å². The smallest absolute Gasteiger partial charge is 0.338 e. The largest absolute Gasteiger partial charge is 0.508 e. The van der Waals surface area contributed by atoms with Crippen molar-refractivity contribution in [3.05, 3.63) is 58.1 Å². The highest BCUT2D eigenvalue weighted by Crippen LogP contribution is 2.18. The van der Waals surface area contributed by atoms with E-state index in [-0.39, 0.29) is 11.3 Å². The minimum Gasteiger partial charge on any atom is -0.508 e. The Morgan fingerprint density at radius 2 is 1.86 bits per heavy atom. The van der Waals surface area contributed by atoms with Crippen LogP contribution in [0.15, 0.2) is 46.9 Å². The molecule has 0 heterocycles. The van der Waals surface area contributed by atoms with Crippen LogP contribution in [0.5, 0.6) is 5.75 Å². The molecule has 0 bridgehead atoms. The van der Waals surface area contributed by atoms with Crippen molar-refractivity contribution in [1.82, 2.24) is 0 Å². The summed E-state index contributed by atoms with van der Waals surface area (Å²) < 4.78 is 5.81. The summed E-state index contributed by atoms with van der Waals surface area (Å²) in [5, 5.41) is 12.2. The lowest BCUT2D eigenvalue weighted by atomic mass is 10.1. The molecule has 0 fully saturated rings. The molecule has 1 amide bonds. The molecule has 0 radical (unpaired) electrons. The SMILES string of the molecule is Cc1ccc(C(=O)OCC(=O)Nc2ccc(Br)cc2)cc1O. The average Bonchev–Trinajstić information content (AvgIpc) is 2.50. The first-order chi connectivity index (χ1) is 10.5. The Kier molecular flexibility index (Phi) is 5.16. The van der Waals surface area contributed by atoms with Crippen LogP contribution in [0.3, 0.4) is 0 Å². The van der Waals surface area contributed by atoms with Crippen LogP contribution in [0.25, 0.3) is 0 Å². The Morgan fingerprint density at radius 3 is 2.50 bits per heavy atom. The highest BCUT2D eigenvalue weighted by molar-refractivity contribution is 9.10. The average molecular weight is 364 g/mol. The van der Waals surface area contributed by atoms with Crippen LogP contribution in [-0.2, 0) is 9.53 Å². The molecule has 0 spiro atoms. The van der Waals surface area contributed by atoms with Gasteiger partial charge in [0.25, 0.3) is 5.91 Å². The van der Waals surface area contributed by atoms with Gasteiger partial charge in [-0.15, -0.1) is 0 Å². The summed E-state index contributed by atoms with van der Waals surface area (Å²) in [5.74, 6) is -1.10. The minimum absolute atomic E-state index is 0.00811. The third kappa shape index (κ3) is 4.33. The van der Waals surface area contributed by atoms with Crippen molar-refractivity contribution in [3.8, 4) is 5.75 Å². The fourth-order valence-electron chi connectivity index (χ4n) is 1.68. The van der Waals surface area contributed by atoms with Crippen LogP contribution in [0.4, 0.5) is 5.69 Å². The van der Waals surface area contributed by atoms with Crippen molar-refractivity contribution < 1.29 is 19.4 Å². The number of hydrogen-bond donors (Lipinski definition) is 2. The maximum Gasteiger partial charge on any atom is 0.338 e. The molecule has 0 saturated carbocycles. The van der Waals surface area contributed by atoms with E-state index in [1.54, 1.807) is 37.3 Å². The van der Waals surface area contributed by atoms with Crippen LogP contribution in [0.1, 0.15) is 15.9 Å². The number of nitrogens with one attached hydrogen (secondary N) is 1. The molecular formula is C16H14BrNO4. The first kappa shape index (κ1) is 16.0. The molecule has 0 unspecified atom stereocenters. The summed E-state index contributed by atoms with van der Waals surface area (Å²) in [6, 6.07) is 11.5. The molecule has 0 aliphatic heterocycles. The zero-order valence-corrected chi connectivity index (χ0v) is 13.4. The highest BCUT2D eigenvalue weighted by Gasteiger charge is 2.11. The predicted molar refractivity (Wildman–Crippen MR) is 85.9 cm³/mol. The van der Waals surface area contributed by atoms with E-state index in [4.69, 9.17) is 4.74 Å². The molecule has 0 saturated heterocycles. The molecule has 2 aromatic rings. The van der Waals surface area contributed by atoms with Crippen molar-refractivity contribution in [2.45, 2.75) is 6.92 Å². The van der Waals surface area contributed by atoms with E-state index < -0.39 is 18.5 Å². The Balaban J connectivity index is 1.88. The number of amides is 1. The van der Waals surface area contributed by atoms with Gasteiger partial charge in [0.1, 0.15) is 5.75 Å². The van der Waals surface area contributed by atoms with Crippen LogP contribution in [-0.4, -0.2) is 23.6 Å². The number of halogens is 1. The number of carbonyl (C=O) groups excluding carboxylic acids is 2. The van der Waals surface area contributed by atoms with E-state index in [1.807, 2.05) is 0 Å². The third-order valence-corrected chi connectivity index (χ3v) is 3.44. The van der Waals surface area contributed by atoms with Gasteiger partial charge >= 0.3 is 5.97 Å². The van der Waals surface area contributed by atoms with Crippen LogP contribution in [0, 0.1) is 6.92 Å². The molecule has 2 N–H and O–H groups in total. The summed E-state index contributed by atoms with van der Waals surface area (Å²) in [4.78, 5) is 23.5. The molecule has 5 nitrogen and oxygen atoms in total. The van der Waals surface area contributed by atoms with Gasteiger partial charge in [0.05, 0.1) is 5.56 Å². The maximum atomic E-state index is 11.8. The normalized spacial score (nSPS) is 10.1. The van der Waals surface area contributed by atoms with Crippen LogP contribution >= 0.6 is 15.9 Å². The van der Waals surface area contributed by atoms with Gasteiger partial charge in [-0.3, -0.25) is 4.79 Å². The second kappa shape index (κ2) is 7.09. The van der Waals surface area contributed by atoms with Crippen molar-refractivity contribution in [2.75, 3.05) is 11.9 Å². The lowest BCUT2D eigenvalue weighted by Gasteiger charge is -2.07. The number of benzene rings is 2. The maximum absolute atomic E-state index is 11.8. The van der Waals surface area contributed by atoms with Gasteiger partial charge in [-0.25, -0.2) is 4.79 Å². The fourth-order valence-corrected chi connectivity index (χ4v) is 1.95. The van der Waals surface area contributed by atoms with Crippen LogP contribution in [0.2, 0.25) is 0 Å². The molecule has 0 aliphatic rings. The highest BCUT2D eigenvalue weighted by atomic mass is 79.9. The number of ether oxygens (including phenoxy) is 1. The van der Waals surface area contributed by atoms with Gasteiger partial charge < -0.3 is 15.2 Å². The van der Waals surface area contributed by atoms with Crippen molar-refractivity contribution >= 4 is 33.5 Å². The van der Waals surface area contributed by atoms with E-state index >= 15 is 0 Å². The quantitative estimate of drug-likeness (QED) is 0.817. The molecule has 0 aromatic heterocycles. The molecule has 2 aromatic carbocycles. The molecule has 0 atom stereocenters. The lowest BCUT2D eigenvalue weighted by molar-refractivity contribution is -0.119. The van der Waals surface area contributed by atoms with Gasteiger partial charge in [0.2, 0.25) is 0 Å². The fraction of sp³-hybridized carbons (Fsp3) is 0.125. The Bertz CT molecular complexity index is 698. The topological polar surface area (TPSA) is 75.6 Å². The lowest BCUT2D eigenvalue weighted by Crippen LogP contribution is -2.20. The van der Waals surface area contributed by atoms with E-state index in [1.165, 1.54) is 12.1 Å². The van der Waals surface area contributed by atoms with Gasteiger partial charge in [-0.2, -0.15) is 0 Å². The number of phenolic OH excluding ortho intramolecular Hbond substituents is 1. The summed E-state index contributed by atoms with van der Waals surface area (Å²) in [5.41, 5.74) is 1.46. The number of esters is 1. The number of aryl methyl sites for hydroxylation is 1. The second-order valence-electron chi connectivity index (χ2n) is 4.63. The van der Waals surface area contributed by atoms with Gasteiger partial charge in [0, 0.05) is 10.2 Å². The summed E-state index contributed by atoms with van der Waals surface area (Å²) in [6.07, 6.45) is 0. The zero-order valence-electron chi connectivity index (χ0n) is 11.8. The molecule has 114 valence electrons. The standard InChI is InChI=1S/C16H14BrNO4/c1-10-2-3-11(8-14(10)19)16(21)22-9-15(20)18-13-6-4-12(17)5-7-13/h2-8,19H,9H2,1H3,(H,18,20). The van der Waals surface area contributed by atoms with Crippen molar-refractivity contribution in [1.29, 1.82) is 0 Å². The van der Waals surface area contributed by atoms with Gasteiger partial charge in [-0.1, -0.05) is 22.0 Å². The second-order valence-corrected chi connectivity index (χ2v) is 5.55. The first-order valence-electron chi connectivity index (χ1n) is 6.48. The number of phenols is 1. The Labute approximate surface area is 136 Å². The van der Waals surface area contributed by atoms with Gasteiger partial charge in [-0.05, 0) is 48.9 Å². The Hall–Kier alpha value is -2.34. The number of carbonyl (C=O) groups is 2. The summed E-state index contributed by atoms with van der Waals surface area (Å²) in [7, 11) is 0. The zero-order chi connectivity index (χ0) is 16.1. The van der Waals surface area contributed by atoms with E-state index in [2.05, 4.69) is 21.2 Å². The minimum atomic E-state index is -0.666. The Morgan fingerprint density at radius 1 is 1.18 bits per heavy atom. The monoisotopic (exact) mass is 363 g/mol. The first-order valence-corrected chi connectivity index (χ1v) is 7.27. The number of anilines is 1. The van der Waals surface area contributed by atoms with E-state index in [0.717, 1.165) is 4.47 Å². The summed E-state index contributed by atoms with van der Waals surface area (Å²) >= 11 is 3.30. The molecule has 6 heteroatoms. The van der Waals surface area contributed by atoms with Crippen LogP contribution < -0.4 is 5.32 Å². The predicted octanol–water partition coefficient (Wildman–Crippen LogP) is 3.26. The number of hydrogen-bond acceptors (Lipinski definition) is 4. The number of rotatable bonds is 4. The van der Waals surface area contributed by atoms with E-state index in [0.29, 0.717) is 11.3 Å². The molecule has 0 aliphatic carbocycles. The van der Waals surface area contributed by atoms with Crippen molar-refractivity contribution in [2.24, 2.45) is 0 Å². The molecule has 22 heavy (non-hydrogen) atoms. The number of aromatic hydroxyl groups is 1. The third-order valence-electron chi connectivity index (χ3n) is 2.91. The summed E-state index contributed by atoms with van der Waals surface area (Å²) in [6.45, 7) is 1.32. The van der Waals surface area contributed by atoms with Crippen molar-refractivity contribution in [3.63, 3.8) is 0 Å².